The fourth-order valence-electron chi connectivity index (χ4n) is 2.83. The third kappa shape index (κ3) is 3.94. The summed E-state index contributed by atoms with van der Waals surface area (Å²) in [6.07, 6.45) is 1.50. The van der Waals surface area contributed by atoms with Crippen LogP contribution in [0.25, 0.3) is 11.5 Å². The highest BCUT2D eigenvalue weighted by molar-refractivity contribution is 5.52. The minimum atomic E-state index is -0.254. The minimum Gasteiger partial charge on any atom is -0.444 e. The van der Waals surface area contributed by atoms with Crippen molar-refractivity contribution in [3.8, 4) is 11.5 Å². The molecule has 5 nitrogen and oxygen atoms in total. The lowest BCUT2D eigenvalue weighted by atomic mass is 10.2. The highest BCUT2D eigenvalue weighted by atomic mass is 16.3. The zero-order valence-corrected chi connectivity index (χ0v) is 13.0. The molecule has 0 spiro atoms. The maximum absolute atomic E-state index is 9.44. The van der Waals surface area contributed by atoms with E-state index >= 15 is 0 Å². The maximum atomic E-state index is 9.44. The summed E-state index contributed by atoms with van der Waals surface area (Å²) in [5.41, 5.74) is 1.98. The molecule has 22 heavy (non-hydrogen) atoms. The fourth-order valence-corrected chi connectivity index (χ4v) is 2.83. The molecule has 0 amide bonds. The maximum Gasteiger partial charge on any atom is 0.226 e. The molecular weight excluding hydrogens is 278 g/mol. The Labute approximate surface area is 131 Å². The average Bonchev–Trinajstić information content (AvgIpc) is 2.98. The molecule has 5 heteroatoms. The Bertz CT molecular complexity index is 575. The van der Waals surface area contributed by atoms with Crippen molar-refractivity contribution in [2.75, 3.05) is 32.7 Å². The van der Waals surface area contributed by atoms with Crippen LogP contribution in [0, 0.1) is 0 Å². The van der Waals surface area contributed by atoms with Crippen molar-refractivity contribution in [1.82, 2.24) is 14.8 Å². The van der Waals surface area contributed by atoms with Crippen LogP contribution in [-0.4, -0.2) is 58.7 Å². The van der Waals surface area contributed by atoms with Crippen LogP contribution in [0.4, 0.5) is 0 Å². The lowest BCUT2D eigenvalue weighted by Gasteiger charge is -2.34. The van der Waals surface area contributed by atoms with Crippen LogP contribution in [0.5, 0.6) is 0 Å². The number of β-amino-alcohol motifs (C(OH)–C–C–N with tert-alkyl or cyclic N) is 1. The monoisotopic (exact) mass is 301 g/mol. The molecule has 0 unspecified atom stereocenters. The Morgan fingerprint density at radius 1 is 1.14 bits per heavy atom. The first-order valence-corrected chi connectivity index (χ1v) is 7.83. The molecule has 1 aliphatic heterocycles. The molecule has 1 aromatic carbocycles. The van der Waals surface area contributed by atoms with E-state index in [1.165, 1.54) is 0 Å². The van der Waals surface area contributed by atoms with Crippen molar-refractivity contribution in [2.45, 2.75) is 19.6 Å². The molecule has 3 rings (SSSR count). The number of aliphatic hydroxyl groups excluding tert-OH is 1. The van der Waals surface area contributed by atoms with Crippen LogP contribution in [0.15, 0.2) is 41.0 Å². The summed E-state index contributed by atoms with van der Waals surface area (Å²) < 4.78 is 5.58. The van der Waals surface area contributed by atoms with Gasteiger partial charge in [0.05, 0.1) is 11.8 Å². The molecular formula is C17H23N3O2. The standard InChI is InChI=1S/C17H23N3O2/c1-14(21)11-19-7-9-20(10-8-19)12-16-13-22-17(18-16)15-5-3-2-4-6-15/h2-6,13-14,21H,7-12H2,1H3/t14-/m0/s1. The zero-order valence-electron chi connectivity index (χ0n) is 13.0. The van der Waals surface area contributed by atoms with Crippen LogP contribution in [0.2, 0.25) is 0 Å². The van der Waals surface area contributed by atoms with E-state index in [1.807, 2.05) is 37.3 Å². The molecule has 0 aliphatic carbocycles. The average molecular weight is 301 g/mol. The largest absolute Gasteiger partial charge is 0.444 e. The van der Waals surface area contributed by atoms with E-state index in [-0.39, 0.29) is 6.10 Å². The molecule has 118 valence electrons. The summed E-state index contributed by atoms with van der Waals surface area (Å²) in [5, 5.41) is 9.44. The fraction of sp³-hybridized carbons (Fsp3) is 0.471. The highest BCUT2D eigenvalue weighted by Crippen LogP contribution is 2.19. The molecule has 1 fully saturated rings. The number of nitrogens with zero attached hydrogens (tertiary/aromatic N) is 3. The third-order valence-electron chi connectivity index (χ3n) is 3.95. The van der Waals surface area contributed by atoms with Crippen molar-refractivity contribution in [3.63, 3.8) is 0 Å². The van der Waals surface area contributed by atoms with Crippen molar-refractivity contribution < 1.29 is 9.52 Å². The van der Waals surface area contributed by atoms with Gasteiger partial charge in [-0.2, -0.15) is 0 Å². The first kappa shape index (κ1) is 15.2. The Hall–Kier alpha value is -1.69. The molecule has 1 N–H and O–H groups in total. The van der Waals surface area contributed by atoms with Gasteiger partial charge < -0.3 is 9.52 Å². The second-order valence-corrected chi connectivity index (χ2v) is 5.94. The normalized spacial score (nSPS) is 18.5. The number of aromatic nitrogens is 1. The Kier molecular flexibility index (Phi) is 4.87. The third-order valence-corrected chi connectivity index (χ3v) is 3.95. The van der Waals surface area contributed by atoms with Crippen LogP contribution in [0.3, 0.4) is 0 Å². The summed E-state index contributed by atoms with van der Waals surface area (Å²) in [4.78, 5) is 9.27. The number of rotatable bonds is 5. The molecule has 0 radical (unpaired) electrons. The van der Waals surface area contributed by atoms with Crippen molar-refractivity contribution >= 4 is 0 Å². The van der Waals surface area contributed by atoms with Gasteiger partial charge in [-0.3, -0.25) is 9.80 Å². The zero-order chi connectivity index (χ0) is 15.4. The van der Waals surface area contributed by atoms with Gasteiger partial charge in [0.1, 0.15) is 6.26 Å². The first-order valence-electron chi connectivity index (χ1n) is 7.83. The number of hydrogen-bond acceptors (Lipinski definition) is 5. The molecule has 0 bridgehead atoms. The van der Waals surface area contributed by atoms with E-state index in [0.29, 0.717) is 5.89 Å². The van der Waals surface area contributed by atoms with Gasteiger partial charge in [-0.05, 0) is 19.1 Å². The van der Waals surface area contributed by atoms with Crippen molar-refractivity contribution in [1.29, 1.82) is 0 Å². The van der Waals surface area contributed by atoms with Gasteiger partial charge in [-0.1, -0.05) is 18.2 Å². The molecule has 1 saturated heterocycles. The van der Waals surface area contributed by atoms with E-state index in [1.54, 1.807) is 6.26 Å². The van der Waals surface area contributed by atoms with Gasteiger partial charge >= 0.3 is 0 Å². The van der Waals surface area contributed by atoms with Crippen LogP contribution in [-0.2, 0) is 6.54 Å². The Morgan fingerprint density at radius 3 is 2.50 bits per heavy atom. The second-order valence-electron chi connectivity index (χ2n) is 5.94. The molecule has 1 atom stereocenters. The predicted molar refractivity (Wildman–Crippen MR) is 85.3 cm³/mol. The lowest BCUT2D eigenvalue weighted by Crippen LogP contribution is -2.47. The van der Waals surface area contributed by atoms with Crippen LogP contribution < -0.4 is 0 Å². The summed E-state index contributed by atoms with van der Waals surface area (Å²) in [7, 11) is 0. The molecule has 2 aromatic rings. The summed E-state index contributed by atoms with van der Waals surface area (Å²) in [6.45, 7) is 7.41. The first-order chi connectivity index (χ1) is 10.7. The smallest absolute Gasteiger partial charge is 0.226 e. The molecule has 1 aromatic heterocycles. The van der Waals surface area contributed by atoms with E-state index in [4.69, 9.17) is 4.42 Å². The van der Waals surface area contributed by atoms with Gasteiger partial charge in [0.2, 0.25) is 5.89 Å². The quantitative estimate of drug-likeness (QED) is 0.913. The highest BCUT2D eigenvalue weighted by Gasteiger charge is 2.19. The van der Waals surface area contributed by atoms with E-state index in [0.717, 1.165) is 50.5 Å². The molecule has 2 heterocycles. The van der Waals surface area contributed by atoms with Gasteiger partial charge in [-0.25, -0.2) is 4.98 Å². The van der Waals surface area contributed by atoms with Gasteiger partial charge in [0.25, 0.3) is 0 Å². The van der Waals surface area contributed by atoms with Gasteiger partial charge in [0, 0.05) is 44.8 Å². The number of oxazole rings is 1. The SMILES string of the molecule is C[C@H](O)CN1CCN(Cc2coc(-c3ccccc3)n2)CC1. The summed E-state index contributed by atoms with van der Waals surface area (Å²) in [6, 6.07) is 9.97. The van der Waals surface area contributed by atoms with E-state index in [2.05, 4.69) is 14.8 Å². The minimum absolute atomic E-state index is 0.254. The van der Waals surface area contributed by atoms with Crippen LogP contribution in [0.1, 0.15) is 12.6 Å². The van der Waals surface area contributed by atoms with E-state index < -0.39 is 0 Å². The number of hydrogen-bond donors (Lipinski definition) is 1. The van der Waals surface area contributed by atoms with Crippen molar-refractivity contribution in [2.24, 2.45) is 0 Å². The number of aliphatic hydroxyl groups is 1. The Balaban J connectivity index is 1.54. The summed E-state index contributed by atoms with van der Waals surface area (Å²) in [5.74, 6) is 0.684. The van der Waals surface area contributed by atoms with Gasteiger partial charge in [0.15, 0.2) is 0 Å². The molecule has 0 saturated carbocycles. The number of benzene rings is 1. The number of piperazine rings is 1. The summed E-state index contributed by atoms with van der Waals surface area (Å²) >= 11 is 0. The Morgan fingerprint density at radius 2 is 1.82 bits per heavy atom. The second kappa shape index (κ2) is 7.05. The van der Waals surface area contributed by atoms with Crippen molar-refractivity contribution in [3.05, 3.63) is 42.3 Å². The van der Waals surface area contributed by atoms with E-state index in [9.17, 15) is 5.11 Å². The lowest BCUT2D eigenvalue weighted by molar-refractivity contribution is 0.0776. The molecule has 1 aliphatic rings. The van der Waals surface area contributed by atoms with Gasteiger partial charge in [-0.15, -0.1) is 0 Å². The predicted octanol–water partition coefficient (Wildman–Crippen LogP) is 1.84. The topological polar surface area (TPSA) is 52.7 Å². The van der Waals surface area contributed by atoms with Crippen LogP contribution >= 0.6 is 0 Å².